The smallest absolute Gasteiger partial charge is 0.314 e. The number of ether oxygens (including phenoxy) is 1. The number of amides is 2. The number of anilines is 2. The Bertz CT molecular complexity index is 953. The van der Waals surface area contributed by atoms with E-state index >= 15 is 0 Å². The third-order valence-electron chi connectivity index (χ3n) is 3.68. The standard InChI is InChI=1S/C19H16N2O4/c1-25-13-6-2-5-12(11-13)20-18(23)19(24)21-16-9-3-8-15-14(16)7-4-10-17(15)22/h2-11,22H,1H3,(H,20,23)(H,21,24). The highest BCUT2D eigenvalue weighted by molar-refractivity contribution is 6.44. The molecule has 3 rings (SSSR count). The summed E-state index contributed by atoms with van der Waals surface area (Å²) in [5.41, 5.74) is 0.897. The molecule has 126 valence electrons. The lowest BCUT2D eigenvalue weighted by molar-refractivity contribution is -0.132. The Morgan fingerprint density at radius 2 is 1.56 bits per heavy atom. The van der Waals surface area contributed by atoms with Gasteiger partial charge in [0.05, 0.1) is 7.11 Å². The summed E-state index contributed by atoms with van der Waals surface area (Å²) in [7, 11) is 1.52. The van der Waals surface area contributed by atoms with Gasteiger partial charge in [-0.3, -0.25) is 9.59 Å². The lowest BCUT2D eigenvalue weighted by Crippen LogP contribution is -2.29. The van der Waals surface area contributed by atoms with Crippen LogP contribution in [0.15, 0.2) is 60.7 Å². The van der Waals surface area contributed by atoms with Crippen LogP contribution in [0.4, 0.5) is 11.4 Å². The van der Waals surface area contributed by atoms with Gasteiger partial charge in [0.25, 0.3) is 0 Å². The van der Waals surface area contributed by atoms with Crippen molar-refractivity contribution in [2.75, 3.05) is 17.7 Å². The molecule has 0 heterocycles. The van der Waals surface area contributed by atoms with Gasteiger partial charge in [0, 0.05) is 28.2 Å². The number of phenols is 1. The molecule has 0 atom stereocenters. The maximum atomic E-state index is 12.2. The number of benzene rings is 3. The van der Waals surface area contributed by atoms with Crippen molar-refractivity contribution in [3.63, 3.8) is 0 Å². The number of phenolic OH excluding ortho intramolecular Hbond substituents is 1. The first-order valence-corrected chi connectivity index (χ1v) is 7.55. The topological polar surface area (TPSA) is 87.7 Å². The van der Waals surface area contributed by atoms with Crippen LogP contribution in [0.1, 0.15) is 0 Å². The lowest BCUT2D eigenvalue weighted by atomic mass is 10.1. The molecule has 0 aromatic heterocycles. The fourth-order valence-corrected chi connectivity index (χ4v) is 2.47. The van der Waals surface area contributed by atoms with Crippen molar-refractivity contribution >= 4 is 34.0 Å². The molecule has 0 aliphatic heterocycles. The molecule has 2 amide bonds. The molecule has 6 heteroatoms. The van der Waals surface area contributed by atoms with Crippen LogP contribution in [0.3, 0.4) is 0 Å². The summed E-state index contributed by atoms with van der Waals surface area (Å²) >= 11 is 0. The maximum absolute atomic E-state index is 12.2. The molecule has 3 aromatic carbocycles. The van der Waals surface area contributed by atoms with Crippen molar-refractivity contribution < 1.29 is 19.4 Å². The van der Waals surface area contributed by atoms with Crippen LogP contribution < -0.4 is 15.4 Å². The normalized spacial score (nSPS) is 10.3. The second kappa shape index (κ2) is 6.92. The maximum Gasteiger partial charge on any atom is 0.314 e. The monoisotopic (exact) mass is 336 g/mol. The Kier molecular flexibility index (Phi) is 4.52. The molecule has 0 bridgehead atoms. The van der Waals surface area contributed by atoms with Crippen LogP contribution in [0.25, 0.3) is 10.8 Å². The van der Waals surface area contributed by atoms with E-state index in [1.54, 1.807) is 60.7 Å². The Morgan fingerprint density at radius 1 is 0.880 bits per heavy atom. The SMILES string of the molecule is COc1cccc(NC(=O)C(=O)Nc2cccc3c(O)cccc23)c1. The molecule has 25 heavy (non-hydrogen) atoms. The number of methoxy groups -OCH3 is 1. The molecule has 0 saturated heterocycles. The van der Waals surface area contributed by atoms with Gasteiger partial charge in [0.2, 0.25) is 0 Å². The molecule has 0 aliphatic carbocycles. The second-order valence-electron chi connectivity index (χ2n) is 5.32. The van der Waals surface area contributed by atoms with Gasteiger partial charge in [-0.15, -0.1) is 0 Å². The van der Waals surface area contributed by atoms with Crippen molar-refractivity contribution in [1.82, 2.24) is 0 Å². The van der Waals surface area contributed by atoms with Crippen LogP contribution in [-0.4, -0.2) is 24.0 Å². The predicted molar refractivity (Wildman–Crippen MR) is 95.9 cm³/mol. The van der Waals surface area contributed by atoms with Crippen molar-refractivity contribution in [2.45, 2.75) is 0 Å². The molecular formula is C19H16N2O4. The highest BCUT2D eigenvalue weighted by Gasteiger charge is 2.16. The molecule has 6 nitrogen and oxygen atoms in total. The van der Waals surface area contributed by atoms with Gasteiger partial charge < -0.3 is 20.5 Å². The molecule has 0 radical (unpaired) electrons. The van der Waals surface area contributed by atoms with Gasteiger partial charge in [-0.1, -0.05) is 30.3 Å². The van der Waals surface area contributed by atoms with Crippen LogP contribution in [0.5, 0.6) is 11.5 Å². The van der Waals surface area contributed by atoms with Crippen LogP contribution in [-0.2, 0) is 9.59 Å². The number of rotatable bonds is 3. The number of hydrogen-bond donors (Lipinski definition) is 3. The summed E-state index contributed by atoms with van der Waals surface area (Å²) < 4.78 is 5.08. The molecule has 0 aliphatic rings. The second-order valence-corrected chi connectivity index (χ2v) is 5.32. The Morgan fingerprint density at radius 3 is 2.36 bits per heavy atom. The third kappa shape index (κ3) is 3.53. The minimum Gasteiger partial charge on any atom is -0.507 e. The van der Waals surface area contributed by atoms with Crippen LogP contribution >= 0.6 is 0 Å². The Hall–Kier alpha value is -3.54. The highest BCUT2D eigenvalue weighted by Crippen LogP contribution is 2.29. The first-order chi connectivity index (χ1) is 12.1. The molecule has 0 spiro atoms. The zero-order valence-corrected chi connectivity index (χ0v) is 13.4. The first kappa shape index (κ1) is 16.3. The van der Waals surface area contributed by atoms with E-state index in [1.165, 1.54) is 7.11 Å². The lowest BCUT2D eigenvalue weighted by Gasteiger charge is -2.10. The number of hydrogen-bond acceptors (Lipinski definition) is 4. The van der Waals surface area contributed by atoms with E-state index in [9.17, 15) is 14.7 Å². The number of carbonyl (C=O) groups is 2. The highest BCUT2D eigenvalue weighted by atomic mass is 16.5. The largest absolute Gasteiger partial charge is 0.507 e. The van der Waals surface area contributed by atoms with Gasteiger partial charge in [0.15, 0.2) is 0 Å². The van der Waals surface area contributed by atoms with E-state index in [1.807, 2.05) is 0 Å². The molecular weight excluding hydrogens is 320 g/mol. The Balaban J connectivity index is 1.78. The number of nitrogens with one attached hydrogen (secondary N) is 2. The summed E-state index contributed by atoms with van der Waals surface area (Å²) in [6, 6.07) is 16.8. The van der Waals surface area contributed by atoms with Crippen molar-refractivity contribution in [2.24, 2.45) is 0 Å². The molecule has 0 unspecified atom stereocenters. The Labute approximate surface area is 144 Å². The van der Waals surface area contributed by atoms with Crippen molar-refractivity contribution in [3.8, 4) is 11.5 Å². The van der Waals surface area contributed by atoms with E-state index < -0.39 is 11.8 Å². The molecule has 0 saturated carbocycles. The fourth-order valence-electron chi connectivity index (χ4n) is 2.47. The van der Waals surface area contributed by atoms with Gasteiger partial charge in [0.1, 0.15) is 11.5 Å². The molecule has 0 fully saturated rings. The summed E-state index contributed by atoms with van der Waals surface area (Å²) in [6.45, 7) is 0. The van der Waals surface area contributed by atoms with Crippen molar-refractivity contribution in [1.29, 1.82) is 0 Å². The predicted octanol–water partition coefficient (Wildman–Crippen LogP) is 3.13. The zero-order chi connectivity index (χ0) is 17.8. The van der Waals surface area contributed by atoms with Gasteiger partial charge >= 0.3 is 11.8 Å². The van der Waals surface area contributed by atoms with E-state index in [0.717, 1.165) is 0 Å². The van der Waals surface area contributed by atoms with Gasteiger partial charge in [-0.2, -0.15) is 0 Å². The molecule has 3 N–H and O–H groups in total. The number of fused-ring (bicyclic) bond motifs is 1. The average Bonchev–Trinajstić information content (AvgIpc) is 2.62. The number of carbonyl (C=O) groups excluding carboxylic acids is 2. The minimum atomic E-state index is -0.807. The van der Waals surface area contributed by atoms with Crippen LogP contribution in [0, 0.1) is 0 Å². The summed E-state index contributed by atoms with van der Waals surface area (Å²) in [4.78, 5) is 24.3. The van der Waals surface area contributed by atoms with Gasteiger partial charge in [-0.25, -0.2) is 0 Å². The van der Waals surface area contributed by atoms with E-state index in [0.29, 0.717) is 27.9 Å². The van der Waals surface area contributed by atoms with Crippen LogP contribution in [0.2, 0.25) is 0 Å². The van der Waals surface area contributed by atoms with E-state index in [2.05, 4.69) is 10.6 Å². The summed E-state index contributed by atoms with van der Waals surface area (Å²) in [5, 5.41) is 16.2. The molecule has 3 aromatic rings. The quantitative estimate of drug-likeness (QED) is 0.641. The summed E-state index contributed by atoms with van der Waals surface area (Å²) in [6.07, 6.45) is 0. The fraction of sp³-hybridized carbons (Fsp3) is 0.0526. The zero-order valence-electron chi connectivity index (χ0n) is 13.4. The minimum absolute atomic E-state index is 0.106. The first-order valence-electron chi connectivity index (χ1n) is 7.55. The average molecular weight is 336 g/mol. The third-order valence-corrected chi connectivity index (χ3v) is 3.68. The number of aromatic hydroxyl groups is 1. The van der Waals surface area contributed by atoms with E-state index in [4.69, 9.17) is 4.74 Å². The van der Waals surface area contributed by atoms with Crippen molar-refractivity contribution in [3.05, 3.63) is 60.7 Å². The summed E-state index contributed by atoms with van der Waals surface area (Å²) in [5.74, 6) is -0.929. The van der Waals surface area contributed by atoms with E-state index in [-0.39, 0.29) is 5.75 Å². The van der Waals surface area contributed by atoms with Gasteiger partial charge in [-0.05, 0) is 24.3 Å².